The highest BCUT2D eigenvalue weighted by molar-refractivity contribution is 6.35. The summed E-state index contributed by atoms with van der Waals surface area (Å²) in [6, 6.07) is 11.2. The van der Waals surface area contributed by atoms with E-state index in [1.54, 1.807) is 42.5 Å². The number of rotatable bonds is 5. The second-order valence-corrected chi connectivity index (χ2v) is 6.84. The Balaban J connectivity index is 1.60. The van der Waals surface area contributed by atoms with Crippen molar-refractivity contribution in [1.82, 2.24) is 5.32 Å². The molecular formula is C19H18Cl2N2O3. The molecule has 1 atom stereocenters. The minimum Gasteiger partial charge on any atom is -0.376 e. The van der Waals surface area contributed by atoms with Crippen LogP contribution >= 0.6 is 23.2 Å². The molecule has 1 saturated heterocycles. The molecule has 2 amide bonds. The molecule has 2 aromatic rings. The molecule has 1 aliphatic heterocycles. The molecule has 1 fully saturated rings. The maximum Gasteiger partial charge on any atom is 0.255 e. The van der Waals surface area contributed by atoms with Crippen molar-refractivity contribution in [1.29, 1.82) is 0 Å². The van der Waals surface area contributed by atoms with Crippen LogP contribution in [0.3, 0.4) is 0 Å². The van der Waals surface area contributed by atoms with Gasteiger partial charge in [0.25, 0.3) is 11.8 Å². The minimum atomic E-state index is -0.333. The molecule has 2 N–H and O–H groups in total. The number of carbonyl (C=O) groups is 2. The first-order valence-corrected chi connectivity index (χ1v) is 9.05. The largest absolute Gasteiger partial charge is 0.376 e. The van der Waals surface area contributed by atoms with Gasteiger partial charge in [-0.2, -0.15) is 0 Å². The summed E-state index contributed by atoms with van der Waals surface area (Å²) in [5.41, 5.74) is 1.33. The summed E-state index contributed by atoms with van der Waals surface area (Å²) in [4.78, 5) is 24.5. The van der Waals surface area contributed by atoms with Gasteiger partial charge in [0.15, 0.2) is 0 Å². The molecule has 1 aliphatic rings. The molecule has 0 spiro atoms. The fraction of sp³-hybridized carbons (Fsp3) is 0.263. The Labute approximate surface area is 161 Å². The van der Waals surface area contributed by atoms with Gasteiger partial charge in [-0.1, -0.05) is 23.2 Å². The van der Waals surface area contributed by atoms with Gasteiger partial charge in [0.05, 0.1) is 16.8 Å². The Morgan fingerprint density at radius 1 is 1.04 bits per heavy atom. The van der Waals surface area contributed by atoms with E-state index in [1.807, 2.05) is 0 Å². The second-order valence-electron chi connectivity index (χ2n) is 6.00. The Morgan fingerprint density at radius 3 is 2.38 bits per heavy atom. The van der Waals surface area contributed by atoms with Crippen molar-refractivity contribution in [2.75, 3.05) is 18.5 Å². The van der Waals surface area contributed by atoms with E-state index in [4.69, 9.17) is 27.9 Å². The predicted molar refractivity (Wildman–Crippen MR) is 102 cm³/mol. The maximum absolute atomic E-state index is 12.3. The highest BCUT2D eigenvalue weighted by Gasteiger charge is 2.17. The lowest BCUT2D eigenvalue weighted by atomic mass is 10.1. The van der Waals surface area contributed by atoms with Gasteiger partial charge < -0.3 is 15.4 Å². The van der Waals surface area contributed by atoms with E-state index in [2.05, 4.69) is 10.6 Å². The molecule has 3 rings (SSSR count). The van der Waals surface area contributed by atoms with Crippen LogP contribution in [0.2, 0.25) is 10.0 Å². The van der Waals surface area contributed by atoms with E-state index >= 15 is 0 Å². The first kappa shape index (κ1) is 18.7. The summed E-state index contributed by atoms with van der Waals surface area (Å²) in [5, 5.41) is 6.42. The molecule has 2 aromatic carbocycles. The fourth-order valence-electron chi connectivity index (χ4n) is 2.67. The summed E-state index contributed by atoms with van der Waals surface area (Å²) in [7, 11) is 0. The van der Waals surface area contributed by atoms with Crippen molar-refractivity contribution in [2.45, 2.75) is 18.9 Å². The zero-order chi connectivity index (χ0) is 18.5. The summed E-state index contributed by atoms with van der Waals surface area (Å²) < 4.78 is 5.48. The summed E-state index contributed by atoms with van der Waals surface area (Å²) in [6.45, 7) is 1.25. The van der Waals surface area contributed by atoms with Crippen molar-refractivity contribution < 1.29 is 14.3 Å². The summed E-state index contributed by atoms with van der Waals surface area (Å²) in [5.74, 6) is -0.522. The third-order valence-corrected chi connectivity index (χ3v) is 4.66. The number of benzene rings is 2. The van der Waals surface area contributed by atoms with Crippen LogP contribution in [0, 0.1) is 0 Å². The molecule has 0 saturated carbocycles. The number of anilines is 1. The number of carbonyl (C=O) groups excluding carboxylic acids is 2. The van der Waals surface area contributed by atoms with Crippen LogP contribution in [0.5, 0.6) is 0 Å². The van der Waals surface area contributed by atoms with Gasteiger partial charge in [0, 0.05) is 29.3 Å². The van der Waals surface area contributed by atoms with Gasteiger partial charge >= 0.3 is 0 Å². The van der Waals surface area contributed by atoms with Gasteiger partial charge in [0.2, 0.25) is 0 Å². The highest BCUT2D eigenvalue weighted by Crippen LogP contribution is 2.25. The molecule has 0 bridgehead atoms. The van der Waals surface area contributed by atoms with E-state index in [-0.39, 0.29) is 17.9 Å². The van der Waals surface area contributed by atoms with Crippen molar-refractivity contribution >= 4 is 40.7 Å². The Hall–Kier alpha value is -2.08. The first-order chi connectivity index (χ1) is 12.5. The average Bonchev–Trinajstić information content (AvgIpc) is 3.16. The smallest absolute Gasteiger partial charge is 0.255 e. The van der Waals surface area contributed by atoms with E-state index in [0.717, 1.165) is 19.4 Å². The lowest BCUT2D eigenvalue weighted by Gasteiger charge is -2.11. The number of nitrogens with one attached hydrogen (secondary N) is 2. The van der Waals surface area contributed by atoms with Crippen LogP contribution in [0.1, 0.15) is 33.6 Å². The summed E-state index contributed by atoms with van der Waals surface area (Å²) in [6.07, 6.45) is 2.08. The predicted octanol–water partition coefficient (Wildman–Crippen LogP) is 4.15. The zero-order valence-electron chi connectivity index (χ0n) is 13.9. The molecule has 136 valence electrons. The normalized spacial score (nSPS) is 16.3. The topological polar surface area (TPSA) is 67.4 Å². The lowest BCUT2D eigenvalue weighted by molar-refractivity contribution is 0.0857. The van der Waals surface area contributed by atoms with Gasteiger partial charge in [-0.15, -0.1) is 0 Å². The number of amides is 2. The highest BCUT2D eigenvalue weighted by atomic mass is 35.5. The molecule has 1 heterocycles. The Bertz CT molecular complexity index is 803. The third kappa shape index (κ3) is 4.75. The van der Waals surface area contributed by atoms with Crippen LogP contribution < -0.4 is 10.6 Å². The van der Waals surface area contributed by atoms with E-state index in [0.29, 0.717) is 33.4 Å². The quantitative estimate of drug-likeness (QED) is 0.802. The van der Waals surface area contributed by atoms with Crippen molar-refractivity contribution in [3.8, 4) is 0 Å². The van der Waals surface area contributed by atoms with E-state index in [1.165, 1.54) is 0 Å². The van der Waals surface area contributed by atoms with E-state index in [9.17, 15) is 9.59 Å². The standard InChI is InChI=1S/C19H18Cl2N2O3/c20-14-7-8-16(21)17(10-14)23-19(25)13-5-3-12(4-6-13)18(24)22-11-15-2-1-9-26-15/h3-8,10,15H,1-2,9,11H2,(H,22,24)(H,23,25). The van der Waals surface area contributed by atoms with Crippen LogP contribution in [-0.2, 0) is 4.74 Å². The molecule has 0 radical (unpaired) electrons. The van der Waals surface area contributed by atoms with Crippen molar-refractivity contribution in [3.63, 3.8) is 0 Å². The Morgan fingerprint density at radius 2 is 1.73 bits per heavy atom. The number of hydrogen-bond acceptors (Lipinski definition) is 3. The van der Waals surface area contributed by atoms with Crippen LogP contribution in [-0.4, -0.2) is 31.1 Å². The number of ether oxygens (including phenoxy) is 1. The SMILES string of the molecule is O=C(NCC1CCCO1)c1ccc(C(=O)Nc2cc(Cl)ccc2Cl)cc1. The van der Waals surface area contributed by atoms with Crippen LogP contribution in [0.25, 0.3) is 0 Å². The van der Waals surface area contributed by atoms with Crippen LogP contribution in [0.4, 0.5) is 5.69 Å². The molecule has 26 heavy (non-hydrogen) atoms. The monoisotopic (exact) mass is 392 g/mol. The lowest BCUT2D eigenvalue weighted by Crippen LogP contribution is -2.31. The molecule has 5 nitrogen and oxygen atoms in total. The first-order valence-electron chi connectivity index (χ1n) is 8.29. The molecule has 0 aromatic heterocycles. The third-order valence-electron chi connectivity index (χ3n) is 4.10. The number of hydrogen-bond donors (Lipinski definition) is 2. The van der Waals surface area contributed by atoms with Crippen molar-refractivity contribution in [2.24, 2.45) is 0 Å². The molecule has 7 heteroatoms. The zero-order valence-corrected chi connectivity index (χ0v) is 15.4. The van der Waals surface area contributed by atoms with Crippen molar-refractivity contribution in [3.05, 3.63) is 63.6 Å². The van der Waals surface area contributed by atoms with Gasteiger partial charge in [0.1, 0.15) is 0 Å². The van der Waals surface area contributed by atoms with Gasteiger partial charge in [-0.05, 0) is 55.3 Å². The molecule has 1 unspecified atom stereocenters. The summed E-state index contributed by atoms with van der Waals surface area (Å²) >= 11 is 12.0. The van der Waals surface area contributed by atoms with E-state index < -0.39 is 0 Å². The minimum absolute atomic E-state index is 0.0893. The Kier molecular flexibility index (Phi) is 6.14. The van der Waals surface area contributed by atoms with Gasteiger partial charge in [-0.25, -0.2) is 0 Å². The second kappa shape index (κ2) is 8.54. The average molecular weight is 393 g/mol. The van der Waals surface area contributed by atoms with Crippen LogP contribution in [0.15, 0.2) is 42.5 Å². The maximum atomic E-state index is 12.3. The van der Waals surface area contributed by atoms with Gasteiger partial charge in [-0.3, -0.25) is 9.59 Å². The number of halogens is 2. The fourth-order valence-corrected chi connectivity index (χ4v) is 3.01. The molecule has 0 aliphatic carbocycles. The molecular weight excluding hydrogens is 375 g/mol.